The molecule has 0 radical (unpaired) electrons. The first-order valence-corrected chi connectivity index (χ1v) is 9.03. The first kappa shape index (κ1) is 18.2. The van der Waals surface area contributed by atoms with Crippen LogP contribution in [0.3, 0.4) is 0 Å². The number of nitrogens with one attached hydrogen (secondary N) is 1. The van der Waals surface area contributed by atoms with Crippen molar-refractivity contribution in [3.8, 4) is 0 Å². The van der Waals surface area contributed by atoms with Crippen molar-refractivity contribution in [1.29, 1.82) is 0 Å². The van der Waals surface area contributed by atoms with Gasteiger partial charge in [-0.2, -0.15) is 0 Å². The normalized spacial score (nSPS) is 12.1. The monoisotopic (exact) mass is 368 g/mol. The first-order valence-electron chi connectivity index (χ1n) is 8.65. The number of halogens is 1. The van der Waals surface area contributed by atoms with Crippen molar-refractivity contribution in [2.24, 2.45) is 0 Å². The Morgan fingerprint density at radius 1 is 1.15 bits per heavy atom. The lowest BCUT2D eigenvalue weighted by Crippen LogP contribution is -2.35. The summed E-state index contributed by atoms with van der Waals surface area (Å²) in [5.41, 5.74) is 1.86. The van der Waals surface area contributed by atoms with Crippen LogP contribution in [0.4, 0.5) is 0 Å². The summed E-state index contributed by atoms with van der Waals surface area (Å²) < 4.78 is 1.77. The van der Waals surface area contributed by atoms with Crippen LogP contribution in [0.15, 0.2) is 65.6 Å². The summed E-state index contributed by atoms with van der Waals surface area (Å²) in [6, 6.07) is 16.9. The van der Waals surface area contributed by atoms with Crippen LogP contribution in [-0.4, -0.2) is 16.5 Å². The SMILES string of the molecule is CC(CCc1ccccc1)NC(=O)Cn1ccc(=O)c2cc(Cl)ccc21. The fourth-order valence-electron chi connectivity index (χ4n) is 3.00. The molecule has 3 aromatic rings. The van der Waals surface area contributed by atoms with E-state index in [1.165, 1.54) is 11.6 Å². The predicted molar refractivity (Wildman–Crippen MR) is 106 cm³/mol. The van der Waals surface area contributed by atoms with Crippen LogP contribution in [0.5, 0.6) is 0 Å². The number of rotatable bonds is 6. The Morgan fingerprint density at radius 3 is 2.69 bits per heavy atom. The molecule has 1 atom stereocenters. The van der Waals surface area contributed by atoms with Gasteiger partial charge in [-0.15, -0.1) is 0 Å². The third-order valence-corrected chi connectivity index (χ3v) is 4.60. The lowest BCUT2D eigenvalue weighted by Gasteiger charge is -2.16. The minimum atomic E-state index is -0.101. The van der Waals surface area contributed by atoms with Gasteiger partial charge >= 0.3 is 0 Å². The van der Waals surface area contributed by atoms with Crippen molar-refractivity contribution in [2.45, 2.75) is 32.4 Å². The van der Waals surface area contributed by atoms with E-state index in [1.807, 2.05) is 25.1 Å². The minimum Gasteiger partial charge on any atom is -0.352 e. The molecule has 4 nitrogen and oxygen atoms in total. The second-order valence-corrected chi connectivity index (χ2v) is 6.90. The van der Waals surface area contributed by atoms with E-state index in [1.54, 1.807) is 29.0 Å². The molecule has 134 valence electrons. The summed E-state index contributed by atoms with van der Waals surface area (Å²) in [6.45, 7) is 2.16. The number of aromatic nitrogens is 1. The van der Waals surface area contributed by atoms with Gasteiger partial charge in [0.15, 0.2) is 5.43 Å². The second kappa shape index (κ2) is 8.19. The zero-order valence-corrected chi connectivity index (χ0v) is 15.4. The number of hydrogen-bond acceptors (Lipinski definition) is 2. The third kappa shape index (κ3) is 4.52. The number of benzene rings is 2. The molecule has 0 aliphatic carbocycles. The zero-order valence-electron chi connectivity index (χ0n) is 14.6. The Labute approximate surface area is 157 Å². The summed E-state index contributed by atoms with van der Waals surface area (Å²) in [6.07, 6.45) is 3.44. The van der Waals surface area contributed by atoms with Crippen LogP contribution in [-0.2, 0) is 17.8 Å². The van der Waals surface area contributed by atoms with Crippen LogP contribution < -0.4 is 10.7 Å². The maximum absolute atomic E-state index is 12.4. The highest BCUT2D eigenvalue weighted by Gasteiger charge is 2.10. The van der Waals surface area contributed by atoms with Gasteiger partial charge in [-0.05, 0) is 43.5 Å². The largest absolute Gasteiger partial charge is 0.352 e. The van der Waals surface area contributed by atoms with Crippen molar-refractivity contribution >= 4 is 28.4 Å². The number of pyridine rings is 1. The standard InChI is InChI=1S/C21H21ClN2O2/c1-15(7-8-16-5-3-2-4-6-16)23-21(26)14-24-12-11-20(25)18-13-17(22)9-10-19(18)24/h2-6,9-13,15H,7-8,14H2,1H3,(H,23,26). The molecule has 0 saturated carbocycles. The van der Waals surface area contributed by atoms with Gasteiger partial charge in [-0.25, -0.2) is 0 Å². The quantitative estimate of drug-likeness (QED) is 0.719. The van der Waals surface area contributed by atoms with E-state index in [9.17, 15) is 9.59 Å². The average Bonchev–Trinajstić information content (AvgIpc) is 2.63. The van der Waals surface area contributed by atoms with E-state index >= 15 is 0 Å². The Morgan fingerprint density at radius 2 is 1.92 bits per heavy atom. The number of amides is 1. The summed E-state index contributed by atoms with van der Waals surface area (Å²) >= 11 is 5.98. The Balaban J connectivity index is 1.64. The lowest BCUT2D eigenvalue weighted by atomic mass is 10.1. The van der Waals surface area contributed by atoms with Crippen molar-refractivity contribution in [3.05, 3.63) is 81.6 Å². The summed E-state index contributed by atoms with van der Waals surface area (Å²) in [5, 5.41) is 4.05. The maximum Gasteiger partial charge on any atom is 0.240 e. The molecule has 1 unspecified atom stereocenters. The number of nitrogens with zero attached hydrogens (tertiary/aromatic N) is 1. The molecule has 0 fully saturated rings. The van der Waals surface area contributed by atoms with Gasteiger partial charge in [0.05, 0.1) is 5.52 Å². The molecule has 3 rings (SSSR count). The molecule has 0 spiro atoms. The van der Waals surface area contributed by atoms with Gasteiger partial charge in [0, 0.05) is 28.7 Å². The second-order valence-electron chi connectivity index (χ2n) is 6.46. The molecule has 0 saturated heterocycles. The van der Waals surface area contributed by atoms with Crippen LogP contribution in [0.2, 0.25) is 5.02 Å². The van der Waals surface area contributed by atoms with E-state index in [0.717, 1.165) is 12.8 Å². The van der Waals surface area contributed by atoms with Crippen molar-refractivity contribution in [3.63, 3.8) is 0 Å². The molecular weight excluding hydrogens is 348 g/mol. The molecule has 0 aliphatic heterocycles. The third-order valence-electron chi connectivity index (χ3n) is 4.37. The molecule has 1 amide bonds. The number of aryl methyl sites for hydroxylation is 1. The summed E-state index contributed by atoms with van der Waals surface area (Å²) in [5.74, 6) is -0.0783. The molecule has 1 heterocycles. The zero-order chi connectivity index (χ0) is 18.5. The Hall–Kier alpha value is -2.59. The van der Waals surface area contributed by atoms with E-state index < -0.39 is 0 Å². The van der Waals surface area contributed by atoms with Crippen LogP contribution in [0.25, 0.3) is 10.9 Å². The van der Waals surface area contributed by atoms with Crippen molar-refractivity contribution in [1.82, 2.24) is 9.88 Å². The number of carbonyl (C=O) groups is 1. The Kier molecular flexibility index (Phi) is 5.74. The topological polar surface area (TPSA) is 51.1 Å². The van der Waals surface area contributed by atoms with Crippen molar-refractivity contribution < 1.29 is 4.79 Å². The van der Waals surface area contributed by atoms with Gasteiger partial charge in [0.2, 0.25) is 5.91 Å². The van der Waals surface area contributed by atoms with E-state index in [4.69, 9.17) is 11.6 Å². The molecule has 26 heavy (non-hydrogen) atoms. The highest BCUT2D eigenvalue weighted by molar-refractivity contribution is 6.31. The molecule has 5 heteroatoms. The predicted octanol–water partition coefficient (Wildman–Crippen LogP) is 3.79. The summed E-state index contributed by atoms with van der Waals surface area (Å²) in [7, 11) is 0. The number of hydrogen-bond donors (Lipinski definition) is 1. The van der Waals surface area contributed by atoms with E-state index in [2.05, 4.69) is 17.4 Å². The number of carbonyl (C=O) groups excluding carboxylic acids is 1. The highest BCUT2D eigenvalue weighted by atomic mass is 35.5. The van der Waals surface area contributed by atoms with Gasteiger partial charge in [-0.1, -0.05) is 41.9 Å². The van der Waals surface area contributed by atoms with Gasteiger partial charge in [-0.3, -0.25) is 9.59 Å². The smallest absolute Gasteiger partial charge is 0.240 e. The molecule has 0 aliphatic rings. The summed E-state index contributed by atoms with van der Waals surface area (Å²) in [4.78, 5) is 24.4. The fraction of sp³-hybridized carbons (Fsp3) is 0.238. The van der Waals surface area contributed by atoms with Crippen LogP contribution in [0, 0.1) is 0 Å². The van der Waals surface area contributed by atoms with E-state index in [0.29, 0.717) is 15.9 Å². The van der Waals surface area contributed by atoms with Crippen LogP contribution in [0.1, 0.15) is 18.9 Å². The molecule has 1 N–H and O–H groups in total. The first-order chi connectivity index (χ1) is 12.5. The molecule has 0 bridgehead atoms. The molecule has 1 aromatic heterocycles. The lowest BCUT2D eigenvalue weighted by molar-refractivity contribution is -0.122. The molecule has 2 aromatic carbocycles. The minimum absolute atomic E-state index is 0.0720. The maximum atomic E-state index is 12.4. The van der Waals surface area contributed by atoms with Gasteiger partial charge < -0.3 is 9.88 Å². The number of fused-ring (bicyclic) bond motifs is 1. The van der Waals surface area contributed by atoms with Crippen LogP contribution >= 0.6 is 11.6 Å². The molecular formula is C21H21ClN2O2. The highest BCUT2D eigenvalue weighted by Crippen LogP contribution is 2.16. The Bertz CT molecular complexity index is 967. The fourth-order valence-corrected chi connectivity index (χ4v) is 3.17. The van der Waals surface area contributed by atoms with Gasteiger partial charge in [0.25, 0.3) is 0 Å². The van der Waals surface area contributed by atoms with Crippen molar-refractivity contribution in [2.75, 3.05) is 0 Å². The van der Waals surface area contributed by atoms with E-state index in [-0.39, 0.29) is 23.9 Å². The average molecular weight is 369 g/mol. The van der Waals surface area contributed by atoms with Gasteiger partial charge in [0.1, 0.15) is 6.54 Å².